The van der Waals surface area contributed by atoms with Crippen molar-refractivity contribution < 1.29 is 4.42 Å². The van der Waals surface area contributed by atoms with Crippen molar-refractivity contribution in [2.24, 2.45) is 0 Å². The number of hydrogen-bond donors (Lipinski definition) is 0. The van der Waals surface area contributed by atoms with Gasteiger partial charge in [-0.3, -0.25) is 0 Å². The predicted molar refractivity (Wildman–Crippen MR) is 218 cm³/mol. The Bertz CT molecular complexity index is 2910. The molecule has 0 saturated carbocycles. The highest BCUT2D eigenvalue weighted by atomic mass is 16.3. The fraction of sp³-hybridized carbons (Fsp3) is 0. The monoisotopic (exact) mass is 664 g/mol. The second kappa shape index (κ2) is 12.4. The van der Waals surface area contributed by atoms with Crippen LogP contribution < -0.4 is 4.90 Å². The van der Waals surface area contributed by atoms with Gasteiger partial charge < -0.3 is 9.32 Å². The van der Waals surface area contributed by atoms with Crippen LogP contribution in [0.4, 0.5) is 17.1 Å². The summed E-state index contributed by atoms with van der Waals surface area (Å²) in [7, 11) is 0. The van der Waals surface area contributed by atoms with Crippen molar-refractivity contribution in [3.05, 3.63) is 194 Å². The average molecular weight is 665 g/mol. The number of pyridine rings is 1. The zero-order valence-corrected chi connectivity index (χ0v) is 28.3. The first kappa shape index (κ1) is 29.9. The summed E-state index contributed by atoms with van der Waals surface area (Å²) in [5, 5.41) is 5.64. The van der Waals surface area contributed by atoms with E-state index in [4.69, 9.17) is 9.40 Å². The van der Waals surface area contributed by atoms with Crippen LogP contribution in [0.25, 0.3) is 77.1 Å². The number of fused-ring (bicyclic) bond motifs is 5. The van der Waals surface area contributed by atoms with Gasteiger partial charge in [0.15, 0.2) is 0 Å². The lowest BCUT2D eigenvalue weighted by Gasteiger charge is -2.28. The molecule has 0 saturated heterocycles. The van der Waals surface area contributed by atoms with Gasteiger partial charge in [0.2, 0.25) is 5.71 Å². The van der Waals surface area contributed by atoms with Crippen LogP contribution in [-0.2, 0) is 0 Å². The number of nitrogens with zero attached hydrogens (tertiary/aromatic N) is 2. The molecule has 0 bridgehead atoms. The van der Waals surface area contributed by atoms with Gasteiger partial charge in [0.1, 0.15) is 5.58 Å². The van der Waals surface area contributed by atoms with Crippen LogP contribution in [0.5, 0.6) is 0 Å². The third-order valence-corrected chi connectivity index (χ3v) is 10.1. The molecule has 10 rings (SSSR count). The molecule has 2 heterocycles. The molecule has 8 aromatic carbocycles. The normalized spacial score (nSPS) is 11.5. The predicted octanol–water partition coefficient (Wildman–Crippen LogP) is 13.8. The van der Waals surface area contributed by atoms with Crippen LogP contribution in [0.1, 0.15) is 0 Å². The van der Waals surface area contributed by atoms with Gasteiger partial charge >= 0.3 is 0 Å². The van der Waals surface area contributed by atoms with Gasteiger partial charge in [-0.1, -0.05) is 152 Å². The molecule has 0 unspecified atom stereocenters. The molecule has 0 fully saturated rings. The minimum Gasteiger partial charge on any atom is -0.438 e. The molecule has 2 aromatic heterocycles. The molecule has 0 aliphatic rings. The molecular weight excluding hydrogens is 633 g/mol. The van der Waals surface area contributed by atoms with E-state index in [1.165, 1.54) is 27.5 Å². The van der Waals surface area contributed by atoms with E-state index in [1.54, 1.807) is 0 Å². The third-order valence-electron chi connectivity index (χ3n) is 10.1. The lowest BCUT2D eigenvalue weighted by Crippen LogP contribution is -2.11. The van der Waals surface area contributed by atoms with Gasteiger partial charge in [-0.25, -0.2) is 4.98 Å². The fourth-order valence-corrected chi connectivity index (χ4v) is 7.62. The zero-order valence-electron chi connectivity index (χ0n) is 28.3. The van der Waals surface area contributed by atoms with Crippen LogP contribution in [0.3, 0.4) is 0 Å². The summed E-state index contributed by atoms with van der Waals surface area (Å²) in [6.45, 7) is 0. The van der Waals surface area contributed by atoms with Crippen LogP contribution in [0, 0.1) is 0 Å². The second-order valence-corrected chi connectivity index (χ2v) is 13.2. The van der Waals surface area contributed by atoms with Crippen molar-refractivity contribution in [2.45, 2.75) is 0 Å². The highest BCUT2D eigenvalue weighted by molar-refractivity contribution is 6.08. The SMILES string of the molecule is c1ccc(-c2ccccc2N(c2cccc(-c3ccc(-c4ccccc4)c4ccccc34)c2)c2ccc3cc4c(nc3c2)oc2ccccc24)cc1. The van der Waals surface area contributed by atoms with E-state index in [1.807, 2.05) is 18.2 Å². The first-order chi connectivity index (χ1) is 25.8. The Morgan fingerprint density at radius 1 is 0.385 bits per heavy atom. The van der Waals surface area contributed by atoms with E-state index in [-0.39, 0.29) is 0 Å². The Labute approximate surface area is 301 Å². The summed E-state index contributed by atoms with van der Waals surface area (Å²) in [5.41, 5.74) is 12.6. The zero-order chi connectivity index (χ0) is 34.4. The second-order valence-electron chi connectivity index (χ2n) is 13.2. The van der Waals surface area contributed by atoms with E-state index < -0.39 is 0 Å². The molecule has 0 amide bonds. The Hall–Kier alpha value is -6.97. The molecule has 10 aromatic rings. The third kappa shape index (κ3) is 5.10. The fourth-order valence-electron chi connectivity index (χ4n) is 7.62. The Morgan fingerprint density at radius 3 is 1.75 bits per heavy atom. The lowest BCUT2D eigenvalue weighted by atomic mass is 9.92. The van der Waals surface area contributed by atoms with E-state index in [2.05, 4.69) is 181 Å². The van der Waals surface area contributed by atoms with Crippen molar-refractivity contribution in [3.8, 4) is 33.4 Å². The summed E-state index contributed by atoms with van der Waals surface area (Å²) in [4.78, 5) is 7.42. The van der Waals surface area contributed by atoms with Crippen molar-refractivity contribution in [3.63, 3.8) is 0 Å². The molecule has 0 radical (unpaired) electrons. The standard InChI is InChI=1S/C49H32N2O/c1-3-14-33(15-4-1)39-28-29-40(43-22-8-7-21-42(39)43)35-18-13-19-37(30-35)51(47-24-11-9-20-41(47)34-16-5-2-6-17-34)38-27-26-36-31-45-44-23-10-12-25-48(44)52-49(45)50-46(36)32-38/h1-32H. The van der Waals surface area contributed by atoms with E-state index in [0.29, 0.717) is 5.71 Å². The molecule has 0 aliphatic carbocycles. The highest BCUT2D eigenvalue weighted by Crippen LogP contribution is 2.44. The van der Waals surface area contributed by atoms with Crippen LogP contribution in [0.2, 0.25) is 0 Å². The van der Waals surface area contributed by atoms with Gasteiger partial charge in [-0.2, -0.15) is 0 Å². The Balaban J connectivity index is 1.17. The average Bonchev–Trinajstić information content (AvgIpc) is 3.58. The van der Waals surface area contributed by atoms with Crippen molar-refractivity contribution in [2.75, 3.05) is 4.90 Å². The summed E-state index contributed by atoms with van der Waals surface area (Å²) in [6.07, 6.45) is 0. The van der Waals surface area contributed by atoms with Crippen molar-refractivity contribution in [1.29, 1.82) is 0 Å². The van der Waals surface area contributed by atoms with Gasteiger partial charge in [-0.05, 0) is 81.1 Å². The minimum absolute atomic E-state index is 0.648. The topological polar surface area (TPSA) is 29.3 Å². The summed E-state index contributed by atoms with van der Waals surface area (Å²) >= 11 is 0. The number of rotatable bonds is 6. The minimum atomic E-state index is 0.648. The van der Waals surface area contributed by atoms with E-state index in [0.717, 1.165) is 61.0 Å². The Morgan fingerprint density at radius 2 is 0.981 bits per heavy atom. The van der Waals surface area contributed by atoms with Crippen molar-refractivity contribution in [1.82, 2.24) is 4.98 Å². The summed E-state index contributed by atoms with van der Waals surface area (Å²) in [5.74, 6) is 0. The van der Waals surface area contributed by atoms with Crippen LogP contribution in [0.15, 0.2) is 199 Å². The van der Waals surface area contributed by atoms with Gasteiger partial charge in [0.25, 0.3) is 0 Å². The number of anilines is 3. The molecule has 0 atom stereocenters. The molecule has 52 heavy (non-hydrogen) atoms. The van der Waals surface area contributed by atoms with E-state index in [9.17, 15) is 0 Å². The van der Waals surface area contributed by atoms with Crippen LogP contribution >= 0.6 is 0 Å². The molecule has 244 valence electrons. The number of hydrogen-bond acceptors (Lipinski definition) is 3. The summed E-state index contributed by atoms with van der Waals surface area (Å²) < 4.78 is 6.22. The molecular formula is C49H32N2O. The van der Waals surface area contributed by atoms with Gasteiger partial charge in [0.05, 0.1) is 11.2 Å². The molecule has 3 nitrogen and oxygen atoms in total. The largest absolute Gasteiger partial charge is 0.438 e. The van der Waals surface area contributed by atoms with Gasteiger partial charge in [0, 0.05) is 33.1 Å². The molecule has 3 heteroatoms. The number of benzene rings is 8. The maximum atomic E-state index is 6.22. The van der Waals surface area contributed by atoms with E-state index >= 15 is 0 Å². The first-order valence-corrected chi connectivity index (χ1v) is 17.6. The number of aromatic nitrogens is 1. The number of furan rings is 1. The molecule has 0 aliphatic heterocycles. The highest BCUT2D eigenvalue weighted by Gasteiger charge is 2.20. The lowest BCUT2D eigenvalue weighted by molar-refractivity contribution is 0.656. The molecule has 0 spiro atoms. The van der Waals surface area contributed by atoms with Gasteiger partial charge in [-0.15, -0.1) is 0 Å². The first-order valence-electron chi connectivity index (χ1n) is 17.6. The maximum Gasteiger partial charge on any atom is 0.227 e. The Kier molecular flexibility index (Phi) is 7.14. The van der Waals surface area contributed by atoms with Crippen molar-refractivity contribution >= 4 is 60.8 Å². The maximum absolute atomic E-state index is 6.22. The quantitative estimate of drug-likeness (QED) is 0.177. The molecule has 0 N–H and O–H groups in total. The number of para-hydroxylation sites is 2. The summed E-state index contributed by atoms with van der Waals surface area (Å²) in [6, 6.07) is 68.9. The van der Waals surface area contributed by atoms with Crippen LogP contribution in [-0.4, -0.2) is 4.98 Å². The smallest absolute Gasteiger partial charge is 0.227 e.